The second kappa shape index (κ2) is 9.81. The number of halogens is 3. The van der Waals surface area contributed by atoms with Crippen LogP contribution in [0.25, 0.3) is 0 Å². The van der Waals surface area contributed by atoms with E-state index in [1.807, 2.05) is 9.80 Å². The van der Waals surface area contributed by atoms with E-state index in [-0.39, 0.29) is 11.7 Å². The smallest absolute Gasteiger partial charge is 0.404 e. The van der Waals surface area contributed by atoms with Crippen molar-refractivity contribution in [3.8, 4) is 5.75 Å². The van der Waals surface area contributed by atoms with Crippen molar-refractivity contribution in [1.82, 2.24) is 20.3 Å². The van der Waals surface area contributed by atoms with Crippen LogP contribution in [0, 0.1) is 0 Å². The molecule has 1 aromatic heterocycles. The summed E-state index contributed by atoms with van der Waals surface area (Å²) in [4.78, 5) is 28.4. The van der Waals surface area contributed by atoms with Gasteiger partial charge >= 0.3 is 6.36 Å². The van der Waals surface area contributed by atoms with Gasteiger partial charge in [-0.25, -0.2) is 9.97 Å². The number of hydrogen-bond acceptors (Lipinski definition) is 8. The first-order chi connectivity index (χ1) is 16.3. The van der Waals surface area contributed by atoms with Gasteiger partial charge in [0.25, 0.3) is 5.91 Å². The van der Waals surface area contributed by atoms with E-state index < -0.39 is 6.36 Å². The van der Waals surface area contributed by atoms with E-state index in [1.165, 1.54) is 18.5 Å². The molecule has 0 aliphatic carbocycles. The number of nitrogens with zero attached hydrogens (tertiary/aromatic N) is 5. The second-order valence-corrected chi connectivity index (χ2v) is 7.38. The Balaban J connectivity index is 1.42. The molecule has 3 aromatic rings. The third-order valence-electron chi connectivity index (χ3n) is 5.16. The van der Waals surface area contributed by atoms with Crippen molar-refractivity contribution in [2.45, 2.75) is 6.36 Å². The number of carbonyl (C=O) groups is 1. The van der Waals surface area contributed by atoms with Crippen molar-refractivity contribution in [1.29, 1.82) is 0 Å². The molecule has 1 fully saturated rings. The minimum absolute atomic E-state index is 0.208. The van der Waals surface area contributed by atoms with Crippen LogP contribution in [0.5, 0.6) is 5.75 Å². The summed E-state index contributed by atoms with van der Waals surface area (Å²) in [7, 11) is 1.56. The lowest BCUT2D eigenvalue weighted by molar-refractivity contribution is -0.274. The Morgan fingerprint density at radius 3 is 2.47 bits per heavy atom. The van der Waals surface area contributed by atoms with Crippen LogP contribution in [0.2, 0.25) is 0 Å². The standard InChI is InChI=1S/C22H22F3N7O2/c1-26-19(33)15-5-4-6-16(13-15)29-20-27-14-28-21(30-20)32-11-9-31(10-12-32)17-7-2-3-8-18(17)34-22(23,24)25/h2-8,13-14H,9-12H2,1H3,(H,26,33)(H,27,28,29,30). The molecule has 1 saturated heterocycles. The number of piperazine rings is 1. The quantitative estimate of drug-likeness (QED) is 0.564. The largest absolute Gasteiger partial charge is 0.573 e. The fourth-order valence-electron chi connectivity index (χ4n) is 3.59. The Kier molecular flexibility index (Phi) is 6.66. The second-order valence-electron chi connectivity index (χ2n) is 7.38. The van der Waals surface area contributed by atoms with Gasteiger partial charge in [-0.3, -0.25) is 4.79 Å². The van der Waals surface area contributed by atoms with Crippen molar-refractivity contribution < 1.29 is 22.7 Å². The summed E-state index contributed by atoms with van der Waals surface area (Å²) >= 11 is 0. The van der Waals surface area contributed by atoms with E-state index in [4.69, 9.17) is 0 Å². The normalized spacial score (nSPS) is 14.0. The van der Waals surface area contributed by atoms with E-state index >= 15 is 0 Å². The number of rotatable bonds is 6. The SMILES string of the molecule is CNC(=O)c1cccc(Nc2ncnc(N3CCN(c4ccccc4OC(F)(F)F)CC3)n2)c1. The molecule has 12 heteroatoms. The van der Waals surface area contributed by atoms with Crippen LogP contribution in [0.15, 0.2) is 54.9 Å². The lowest BCUT2D eigenvalue weighted by atomic mass is 10.2. The third kappa shape index (κ3) is 5.63. The molecule has 0 spiro atoms. The van der Waals surface area contributed by atoms with Crippen LogP contribution in [0.1, 0.15) is 10.4 Å². The predicted octanol–water partition coefficient (Wildman–Crippen LogP) is 3.20. The molecule has 9 nitrogen and oxygen atoms in total. The van der Waals surface area contributed by atoms with Gasteiger partial charge in [0.1, 0.15) is 6.33 Å². The maximum atomic E-state index is 12.7. The Hall–Kier alpha value is -4.09. The molecule has 1 amide bonds. The number of nitrogens with one attached hydrogen (secondary N) is 2. The fourth-order valence-corrected chi connectivity index (χ4v) is 3.59. The lowest BCUT2D eigenvalue weighted by Gasteiger charge is -2.36. The average molecular weight is 473 g/mol. The third-order valence-corrected chi connectivity index (χ3v) is 5.16. The van der Waals surface area contributed by atoms with Gasteiger partial charge in [-0.15, -0.1) is 13.2 Å². The van der Waals surface area contributed by atoms with Crippen molar-refractivity contribution in [3.63, 3.8) is 0 Å². The summed E-state index contributed by atoms with van der Waals surface area (Å²) < 4.78 is 42.4. The van der Waals surface area contributed by atoms with Gasteiger partial charge in [0.2, 0.25) is 11.9 Å². The zero-order valence-electron chi connectivity index (χ0n) is 18.2. The van der Waals surface area contributed by atoms with E-state index in [0.717, 1.165) is 0 Å². The summed E-state index contributed by atoms with van der Waals surface area (Å²) in [5.74, 6) is 0.319. The summed E-state index contributed by atoms with van der Waals surface area (Å²) in [6.07, 6.45) is -3.38. The molecular formula is C22H22F3N7O2. The van der Waals surface area contributed by atoms with E-state index in [1.54, 1.807) is 43.4 Å². The van der Waals surface area contributed by atoms with E-state index in [9.17, 15) is 18.0 Å². The highest BCUT2D eigenvalue weighted by Gasteiger charge is 2.33. The highest BCUT2D eigenvalue weighted by Crippen LogP contribution is 2.33. The predicted molar refractivity (Wildman–Crippen MR) is 120 cm³/mol. The van der Waals surface area contributed by atoms with Gasteiger partial charge in [-0.05, 0) is 30.3 Å². The summed E-state index contributed by atoms with van der Waals surface area (Å²) in [6, 6.07) is 13.0. The molecule has 4 rings (SSSR count). The molecule has 0 atom stereocenters. The first-order valence-corrected chi connectivity index (χ1v) is 10.5. The molecule has 2 heterocycles. The molecule has 0 saturated carbocycles. The number of amides is 1. The van der Waals surface area contributed by atoms with Gasteiger partial charge in [-0.1, -0.05) is 18.2 Å². The maximum Gasteiger partial charge on any atom is 0.573 e. The molecule has 2 N–H and O–H groups in total. The highest BCUT2D eigenvalue weighted by atomic mass is 19.4. The Morgan fingerprint density at radius 1 is 1.00 bits per heavy atom. The molecule has 34 heavy (non-hydrogen) atoms. The van der Waals surface area contributed by atoms with Crippen molar-refractivity contribution in [3.05, 3.63) is 60.4 Å². The first-order valence-electron chi connectivity index (χ1n) is 10.5. The van der Waals surface area contributed by atoms with Crippen LogP contribution >= 0.6 is 0 Å². The molecule has 0 unspecified atom stereocenters. The number of anilines is 4. The molecular weight excluding hydrogens is 451 g/mol. The number of aromatic nitrogens is 3. The average Bonchev–Trinajstić information content (AvgIpc) is 2.83. The molecule has 1 aliphatic heterocycles. The van der Waals surface area contributed by atoms with Gasteiger partial charge < -0.3 is 25.2 Å². The van der Waals surface area contributed by atoms with Crippen LogP contribution in [0.4, 0.5) is 36.4 Å². The zero-order valence-corrected chi connectivity index (χ0v) is 18.2. The van der Waals surface area contributed by atoms with Gasteiger partial charge in [0.15, 0.2) is 5.75 Å². The number of para-hydroxylation sites is 2. The molecule has 2 aromatic carbocycles. The van der Waals surface area contributed by atoms with Crippen LogP contribution < -0.4 is 25.2 Å². The van der Waals surface area contributed by atoms with Crippen molar-refractivity contribution >= 4 is 29.2 Å². The number of benzene rings is 2. The van der Waals surface area contributed by atoms with Crippen LogP contribution in [0.3, 0.4) is 0 Å². The molecule has 1 aliphatic rings. The number of carbonyl (C=O) groups excluding carboxylic acids is 1. The van der Waals surface area contributed by atoms with Gasteiger partial charge in [-0.2, -0.15) is 4.98 Å². The van der Waals surface area contributed by atoms with Crippen molar-refractivity contribution in [2.24, 2.45) is 0 Å². The Morgan fingerprint density at radius 2 is 1.74 bits per heavy atom. The molecule has 0 bridgehead atoms. The Labute approximate surface area is 193 Å². The zero-order chi connectivity index (χ0) is 24.1. The minimum Gasteiger partial charge on any atom is -0.404 e. The fraction of sp³-hybridized carbons (Fsp3) is 0.273. The van der Waals surface area contributed by atoms with Gasteiger partial charge in [0, 0.05) is 44.5 Å². The summed E-state index contributed by atoms with van der Waals surface area (Å²) in [6.45, 7) is 1.91. The Bertz CT molecular complexity index is 1150. The van der Waals surface area contributed by atoms with Crippen molar-refractivity contribution in [2.75, 3.05) is 48.3 Å². The number of alkyl halides is 3. The lowest BCUT2D eigenvalue weighted by Crippen LogP contribution is -2.47. The molecule has 178 valence electrons. The van der Waals surface area contributed by atoms with E-state index in [0.29, 0.717) is 55.0 Å². The minimum atomic E-state index is -4.76. The first kappa shape index (κ1) is 23.1. The molecule has 0 radical (unpaired) electrons. The monoisotopic (exact) mass is 473 g/mol. The highest BCUT2D eigenvalue weighted by molar-refractivity contribution is 5.95. The van der Waals surface area contributed by atoms with E-state index in [2.05, 4.69) is 30.3 Å². The van der Waals surface area contributed by atoms with Gasteiger partial charge in [0.05, 0.1) is 5.69 Å². The summed E-state index contributed by atoms with van der Waals surface area (Å²) in [5, 5.41) is 5.64. The van der Waals surface area contributed by atoms with Crippen LogP contribution in [-0.4, -0.2) is 60.4 Å². The number of hydrogen-bond donors (Lipinski definition) is 2. The summed E-state index contributed by atoms with van der Waals surface area (Å²) in [5.41, 5.74) is 1.52. The maximum absolute atomic E-state index is 12.7. The number of ether oxygens (including phenoxy) is 1. The van der Waals surface area contributed by atoms with Crippen LogP contribution in [-0.2, 0) is 0 Å². The topological polar surface area (TPSA) is 95.5 Å².